The number of carbonyl (C=O) groups is 2. The van der Waals surface area contributed by atoms with Gasteiger partial charge in [-0.15, -0.1) is 10.2 Å². The summed E-state index contributed by atoms with van der Waals surface area (Å²) in [6.45, 7) is 4.18. The molecule has 166 valence electrons. The third kappa shape index (κ3) is 5.58. The number of pyridine rings is 1. The highest BCUT2D eigenvalue weighted by Gasteiger charge is 2.25. The Morgan fingerprint density at radius 2 is 1.78 bits per heavy atom. The minimum absolute atomic E-state index is 0.254. The molecule has 1 aromatic carbocycles. The largest absolute Gasteiger partial charge is 0.353 e. The lowest BCUT2D eigenvalue weighted by Crippen LogP contribution is -2.54. The topological polar surface area (TPSA) is 103 Å². The maximum atomic E-state index is 12.6. The van der Waals surface area contributed by atoms with Gasteiger partial charge >= 0.3 is 6.03 Å². The molecular formula is C22H25N7O2S. The standard InChI is InChI=1S/C22H25N7O2S/c1-16(20(30)25-21-27-26-19(32-21)15-17-7-3-2-4-8-17)24-22(31)29-13-11-28(12-14-29)18-9-5-6-10-23-18/h2-10,16H,11-15H2,1H3,(H,24,31)(H,25,27,30)/t16-/m0/s1. The van der Waals surface area contributed by atoms with Crippen LogP contribution >= 0.6 is 11.3 Å². The van der Waals surface area contributed by atoms with Crippen LogP contribution in [-0.4, -0.2) is 64.2 Å². The Hall–Kier alpha value is -3.53. The van der Waals surface area contributed by atoms with Gasteiger partial charge in [0.25, 0.3) is 0 Å². The molecule has 0 aliphatic carbocycles. The number of hydrogen-bond acceptors (Lipinski definition) is 7. The number of benzene rings is 1. The summed E-state index contributed by atoms with van der Waals surface area (Å²) in [5.41, 5.74) is 1.13. The zero-order chi connectivity index (χ0) is 22.3. The summed E-state index contributed by atoms with van der Waals surface area (Å²) in [5.74, 6) is 0.580. The molecule has 0 radical (unpaired) electrons. The Kier molecular flexibility index (Phi) is 6.90. The van der Waals surface area contributed by atoms with Gasteiger partial charge in [0.15, 0.2) is 0 Å². The van der Waals surface area contributed by atoms with E-state index in [1.54, 1.807) is 18.0 Å². The van der Waals surface area contributed by atoms with Crippen LogP contribution in [0.4, 0.5) is 15.7 Å². The number of nitrogens with one attached hydrogen (secondary N) is 2. The van der Waals surface area contributed by atoms with E-state index >= 15 is 0 Å². The van der Waals surface area contributed by atoms with Crippen LogP contribution in [-0.2, 0) is 11.2 Å². The van der Waals surface area contributed by atoms with Crippen molar-refractivity contribution in [1.82, 2.24) is 25.4 Å². The molecule has 0 spiro atoms. The van der Waals surface area contributed by atoms with Gasteiger partial charge in [0.2, 0.25) is 11.0 Å². The predicted octanol–water partition coefficient (Wildman–Crippen LogP) is 2.38. The molecule has 32 heavy (non-hydrogen) atoms. The molecule has 1 aliphatic rings. The van der Waals surface area contributed by atoms with E-state index in [0.717, 1.165) is 16.4 Å². The van der Waals surface area contributed by atoms with Crippen molar-refractivity contribution in [3.05, 3.63) is 65.3 Å². The maximum Gasteiger partial charge on any atom is 0.318 e. The molecule has 2 aromatic heterocycles. The first kappa shape index (κ1) is 21.7. The summed E-state index contributed by atoms with van der Waals surface area (Å²) < 4.78 is 0. The van der Waals surface area contributed by atoms with Crippen molar-refractivity contribution in [2.45, 2.75) is 19.4 Å². The van der Waals surface area contributed by atoms with Crippen LogP contribution < -0.4 is 15.5 Å². The molecule has 1 atom stereocenters. The second-order valence-corrected chi connectivity index (χ2v) is 8.55. The average molecular weight is 452 g/mol. The van der Waals surface area contributed by atoms with Crippen molar-refractivity contribution < 1.29 is 9.59 Å². The van der Waals surface area contributed by atoms with Gasteiger partial charge in [-0.05, 0) is 24.6 Å². The summed E-state index contributed by atoms with van der Waals surface area (Å²) in [7, 11) is 0. The van der Waals surface area contributed by atoms with Gasteiger partial charge in [0.1, 0.15) is 16.9 Å². The molecule has 10 heteroatoms. The molecular weight excluding hydrogens is 426 g/mol. The van der Waals surface area contributed by atoms with Crippen LogP contribution in [0.5, 0.6) is 0 Å². The third-order valence-corrected chi connectivity index (χ3v) is 6.01. The van der Waals surface area contributed by atoms with E-state index in [4.69, 9.17) is 0 Å². The minimum atomic E-state index is -0.696. The Bertz CT molecular complexity index is 1040. The van der Waals surface area contributed by atoms with E-state index in [9.17, 15) is 9.59 Å². The summed E-state index contributed by atoms with van der Waals surface area (Å²) >= 11 is 1.33. The molecule has 3 amide bonds. The van der Waals surface area contributed by atoms with Crippen LogP contribution in [0.25, 0.3) is 0 Å². The smallest absolute Gasteiger partial charge is 0.318 e. The van der Waals surface area contributed by atoms with E-state index in [1.165, 1.54) is 11.3 Å². The molecule has 0 unspecified atom stereocenters. The molecule has 1 fully saturated rings. The molecule has 0 saturated carbocycles. The first-order chi connectivity index (χ1) is 15.6. The average Bonchev–Trinajstić information content (AvgIpc) is 3.26. The van der Waals surface area contributed by atoms with Gasteiger partial charge in [-0.3, -0.25) is 10.1 Å². The fraction of sp³-hybridized carbons (Fsp3) is 0.318. The Morgan fingerprint density at radius 3 is 2.50 bits per heavy atom. The van der Waals surface area contributed by atoms with Gasteiger partial charge < -0.3 is 15.1 Å². The number of amides is 3. The quantitative estimate of drug-likeness (QED) is 0.597. The summed E-state index contributed by atoms with van der Waals surface area (Å²) in [5, 5.41) is 14.9. The SMILES string of the molecule is C[C@H](NC(=O)N1CCN(c2ccccn2)CC1)C(=O)Nc1nnc(Cc2ccccc2)s1. The number of urea groups is 1. The zero-order valence-corrected chi connectivity index (χ0v) is 18.6. The van der Waals surface area contributed by atoms with Crippen LogP contribution in [0.1, 0.15) is 17.5 Å². The molecule has 4 rings (SSSR count). The number of aromatic nitrogens is 3. The Labute approximate surface area is 190 Å². The second-order valence-electron chi connectivity index (χ2n) is 7.49. The lowest BCUT2D eigenvalue weighted by atomic mass is 10.2. The molecule has 0 bridgehead atoms. The van der Waals surface area contributed by atoms with Crippen molar-refractivity contribution in [1.29, 1.82) is 0 Å². The fourth-order valence-corrected chi connectivity index (χ4v) is 4.16. The van der Waals surface area contributed by atoms with Crippen LogP contribution in [0.15, 0.2) is 54.7 Å². The van der Waals surface area contributed by atoms with E-state index < -0.39 is 6.04 Å². The van der Waals surface area contributed by atoms with Gasteiger partial charge in [-0.2, -0.15) is 0 Å². The molecule has 1 aliphatic heterocycles. The summed E-state index contributed by atoms with van der Waals surface area (Å²) in [6.07, 6.45) is 2.42. The normalized spacial score (nSPS) is 14.7. The molecule has 2 N–H and O–H groups in total. The first-order valence-corrected chi connectivity index (χ1v) is 11.3. The van der Waals surface area contributed by atoms with Crippen LogP contribution in [0, 0.1) is 0 Å². The first-order valence-electron chi connectivity index (χ1n) is 10.5. The minimum Gasteiger partial charge on any atom is -0.353 e. The van der Waals surface area contributed by atoms with E-state index in [2.05, 4.69) is 30.7 Å². The van der Waals surface area contributed by atoms with Gasteiger partial charge in [-0.25, -0.2) is 9.78 Å². The summed E-state index contributed by atoms with van der Waals surface area (Å²) in [4.78, 5) is 33.3. The second kappa shape index (κ2) is 10.2. The van der Waals surface area contributed by atoms with Crippen molar-refractivity contribution in [2.75, 3.05) is 36.4 Å². The highest BCUT2D eigenvalue weighted by atomic mass is 32.1. The Morgan fingerprint density at radius 1 is 1.03 bits per heavy atom. The van der Waals surface area contributed by atoms with E-state index in [1.807, 2.05) is 48.5 Å². The maximum absolute atomic E-state index is 12.6. The molecule has 3 aromatic rings. The van der Waals surface area contributed by atoms with Crippen molar-refractivity contribution in [3.8, 4) is 0 Å². The molecule has 1 saturated heterocycles. The molecule has 9 nitrogen and oxygen atoms in total. The number of rotatable bonds is 6. The predicted molar refractivity (Wildman–Crippen MR) is 124 cm³/mol. The van der Waals surface area contributed by atoms with E-state index in [-0.39, 0.29) is 11.9 Å². The van der Waals surface area contributed by atoms with Crippen molar-refractivity contribution in [2.24, 2.45) is 0 Å². The lowest BCUT2D eigenvalue weighted by Gasteiger charge is -2.35. The van der Waals surface area contributed by atoms with Gasteiger partial charge in [-0.1, -0.05) is 47.7 Å². The highest BCUT2D eigenvalue weighted by Crippen LogP contribution is 2.19. The van der Waals surface area contributed by atoms with Gasteiger partial charge in [0, 0.05) is 38.8 Å². The Balaban J connectivity index is 1.24. The van der Waals surface area contributed by atoms with Crippen LogP contribution in [0.3, 0.4) is 0 Å². The highest BCUT2D eigenvalue weighted by molar-refractivity contribution is 7.15. The van der Waals surface area contributed by atoms with Crippen molar-refractivity contribution in [3.63, 3.8) is 0 Å². The number of piperazine rings is 1. The number of hydrogen-bond donors (Lipinski definition) is 2. The number of anilines is 2. The number of nitrogens with zero attached hydrogens (tertiary/aromatic N) is 5. The monoisotopic (exact) mass is 451 g/mol. The molecule has 3 heterocycles. The van der Waals surface area contributed by atoms with Gasteiger partial charge in [0.05, 0.1) is 0 Å². The third-order valence-electron chi connectivity index (χ3n) is 5.17. The zero-order valence-electron chi connectivity index (χ0n) is 17.8. The summed E-state index contributed by atoms with van der Waals surface area (Å²) in [6, 6.07) is 14.8. The lowest BCUT2D eigenvalue weighted by molar-refractivity contribution is -0.117. The van der Waals surface area contributed by atoms with Crippen LogP contribution in [0.2, 0.25) is 0 Å². The fourth-order valence-electron chi connectivity index (χ4n) is 3.38. The van der Waals surface area contributed by atoms with E-state index in [0.29, 0.717) is 37.7 Å². The van der Waals surface area contributed by atoms with Crippen molar-refractivity contribution >= 4 is 34.2 Å². The number of carbonyl (C=O) groups excluding carboxylic acids is 2.